The van der Waals surface area contributed by atoms with Gasteiger partial charge in [0, 0.05) is 6.26 Å². The van der Waals surface area contributed by atoms with Crippen LogP contribution >= 0.6 is 0 Å². The summed E-state index contributed by atoms with van der Waals surface area (Å²) in [5, 5.41) is 9.13. The van der Waals surface area contributed by atoms with E-state index >= 15 is 0 Å². The second kappa shape index (κ2) is 5.82. The third-order valence-corrected chi connectivity index (χ3v) is 4.41. The molecule has 0 radical (unpaired) electrons. The van der Waals surface area contributed by atoms with Gasteiger partial charge in [0.15, 0.2) is 0 Å². The van der Waals surface area contributed by atoms with Crippen molar-refractivity contribution < 1.29 is 18.3 Å². The molecule has 1 fully saturated rings. The highest BCUT2D eigenvalue weighted by Gasteiger charge is 2.33. The highest BCUT2D eigenvalue weighted by Crippen LogP contribution is 2.26. The first kappa shape index (κ1) is 14.4. The number of carboxylic acid groups (broad SMARTS) is 1. The molecule has 1 atom stereocenters. The summed E-state index contributed by atoms with van der Waals surface area (Å²) in [6, 6.07) is 0. The number of carbonyl (C=O) groups is 1. The Balaban J connectivity index is 2.64. The first-order chi connectivity index (χ1) is 7.83. The molecule has 0 spiro atoms. The molecule has 17 heavy (non-hydrogen) atoms. The van der Waals surface area contributed by atoms with Crippen LogP contribution in [0.2, 0.25) is 0 Å². The predicted molar refractivity (Wildman–Crippen MR) is 65.7 cm³/mol. The molecule has 0 bridgehead atoms. The van der Waals surface area contributed by atoms with Crippen LogP contribution in [0, 0.1) is 11.8 Å². The lowest BCUT2D eigenvalue weighted by Crippen LogP contribution is -2.40. The van der Waals surface area contributed by atoms with E-state index in [1.54, 1.807) is 0 Å². The fraction of sp³-hybridized carbons (Fsp3) is 0.909. The average Bonchev–Trinajstić information content (AvgIpc) is 2.25. The summed E-state index contributed by atoms with van der Waals surface area (Å²) in [4.78, 5) is 13.4. The number of aliphatic carboxylic acids is 1. The monoisotopic (exact) mass is 263 g/mol. The van der Waals surface area contributed by atoms with Crippen LogP contribution in [0.3, 0.4) is 0 Å². The Bertz CT molecular complexity index is 358. The number of hydrogen-bond donors (Lipinski definition) is 1. The number of carboxylic acids is 1. The van der Waals surface area contributed by atoms with Crippen LogP contribution < -0.4 is 0 Å². The van der Waals surface area contributed by atoms with Gasteiger partial charge in [-0.1, -0.05) is 6.92 Å². The zero-order valence-corrected chi connectivity index (χ0v) is 11.2. The standard InChI is InChI=1S/C11H21NO4S/c1-3-12-6-4-9(5-7-12)10(11(13)14)8-17(2,15)16/h9-10H,3-8H2,1-2H3,(H,13,14). The number of piperidine rings is 1. The third kappa shape index (κ3) is 4.63. The maximum absolute atomic E-state index is 11.2. The Hall–Kier alpha value is -0.620. The molecule has 5 nitrogen and oxygen atoms in total. The molecule has 1 aliphatic heterocycles. The second-order valence-corrected chi connectivity index (χ2v) is 6.99. The van der Waals surface area contributed by atoms with Gasteiger partial charge in [0.2, 0.25) is 0 Å². The van der Waals surface area contributed by atoms with Gasteiger partial charge in [-0.15, -0.1) is 0 Å². The molecule has 0 aliphatic carbocycles. The van der Waals surface area contributed by atoms with Gasteiger partial charge in [-0.05, 0) is 38.4 Å². The molecular weight excluding hydrogens is 242 g/mol. The van der Waals surface area contributed by atoms with E-state index in [1.165, 1.54) is 0 Å². The summed E-state index contributed by atoms with van der Waals surface area (Å²) in [6.07, 6.45) is 2.66. The van der Waals surface area contributed by atoms with Crippen LogP contribution in [0.5, 0.6) is 0 Å². The van der Waals surface area contributed by atoms with Crippen molar-refractivity contribution in [3.8, 4) is 0 Å². The molecule has 0 aromatic carbocycles. The first-order valence-electron chi connectivity index (χ1n) is 5.96. The SMILES string of the molecule is CCN1CCC(C(CS(C)(=O)=O)C(=O)O)CC1. The van der Waals surface area contributed by atoms with Gasteiger partial charge in [-0.2, -0.15) is 0 Å². The van der Waals surface area contributed by atoms with Gasteiger partial charge in [-0.3, -0.25) is 4.79 Å². The quantitative estimate of drug-likeness (QED) is 0.780. The molecule has 0 saturated carbocycles. The van der Waals surface area contributed by atoms with Crippen LogP contribution in [0.25, 0.3) is 0 Å². The van der Waals surface area contributed by atoms with Crippen molar-refractivity contribution >= 4 is 15.8 Å². The van der Waals surface area contributed by atoms with E-state index in [4.69, 9.17) is 5.11 Å². The second-order valence-electron chi connectivity index (χ2n) is 4.81. The van der Waals surface area contributed by atoms with E-state index in [9.17, 15) is 13.2 Å². The number of rotatable bonds is 5. The molecular formula is C11H21NO4S. The lowest BCUT2D eigenvalue weighted by Gasteiger charge is -2.33. The van der Waals surface area contributed by atoms with Gasteiger partial charge in [0.1, 0.15) is 9.84 Å². The van der Waals surface area contributed by atoms with Crippen LogP contribution in [0.15, 0.2) is 0 Å². The van der Waals surface area contributed by atoms with Crippen LogP contribution in [0.4, 0.5) is 0 Å². The van der Waals surface area contributed by atoms with E-state index in [-0.39, 0.29) is 11.7 Å². The smallest absolute Gasteiger partial charge is 0.307 e. The first-order valence-corrected chi connectivity index (χ1v) is 8.02. The van der Waals surface area contributed by atoms with Gasteiger partial charge >= 0.3 is 5.97 Å². The molecule has 0 aromatic rings. The zero-order valence-electron chi connectivity index (χ0n) is 10.4. The van der Waals surface area contributed by atoms with E-state index in [0.717, 1.165) is 38.7 Å². The van der Waals surface area contributed by atoms with Crippen molar-refractivity contribution in [2.45, 2.75) is 19.8 Å². The minimum absolute atomic E-state index is 0.00924. The van der Waals surface area contributed by atoms with Crippen molar-refractivity contribution in [2.75, 3.05) is 31.6 Å². The fourth-order valence-corrected chi connectivity index (χ4v) is 3.47. The number of hydrogen-bond acceptors (Lipinski definition) is 4. The zero-order chi connectivity index (χ0) is 13.1. The van der Waals surface area contributed by atoms with Gasteiger partial charge in [0.05, 0.1) is 11.7 Å². The molecule has 0 aromatic heterocycles. The van der Waals surface area contributed by atoms with Gasteiger partial charge in [-0.25, -0.2) is 8.42 Å². The predicted octanol–water partition coefficient (Wildman–Crippen LogP) is 0.464. The Morgan fingerprint density at radius 3 is 2.29 bits per heavy atom. The molecule has 100 valence electrons. The third-order valence-electron chi connectivity index (χ3n) is 3.45. The Kier molecular flexibility index (Phi) is 4.94. The molecule has 1 heterocycles. The van der Waals surface area contributed by atoms with Crippen LogP contribution in [-0.2, 0) is 14.6 Å². The number of likely N-dealkylation sites (tertiary alicyclic amines) is 1. The van der Waals surface area contributed by atoms with Crippen LogP contribution in [-0.4, -0.2) is 56.0 Å². The average molecular weight is 263 g/mol. The van der Waals surface area contributed by atoms with E-state index in [2.05, 4.69) is 11.8 Å². The van der Waals surface area contributed by atoms with Crippen molar-refractivity contribution in [1.29, 1.82) is 0 Å². The number of nitrogens with zero attached hydrogens (tertiary/aromatic N) is 1. The van der Waals surface area contributed by atoms with E-state index in [0.29, 0.717) is 0 Å². The van der Waals surface area contributed by atoms with Crippen LogP contribution in [0.1, 0.15) is 19.8 Å². The largest absolute Gasteiger partial charge is 0.481 e. The number of sulfone groups is 1. The molecule has 0 amide bonds. The molecule has 1 rings (SSSR count). The Labute approximate surface area is 103 Å². The maximum atomic E-state index is 11.2. The van der Waals surface area contributed by atoms with Crippen molar-refractivity contribution in [1.82, 2.24) is 4.90 Å². The molecule has 1 saturated heterocycles. The summed E-state index contributed by atoms with van der Waals surface area (Å²) in [7, 11) is -3.23. The van der Waals surface area contributed by atoms with E-state index in [1.807, 2.05) is 0 Å². The fourth-order valence-electron chi connectivity index (χ4n) is 2.41. The molecule has 1 N–H and O–H groups in total. The van der Waals surface area contributed by atoms with Crippen molar-refractivity contribution in [3.05, 3.63) is 0 Å². The normalized spacial score (nSPS) is 21.3. The maximum Gasteiger partial charge on any atom is 0.307 e. The van der Waals surface area contributed by atoms with E-state index < -0.39 is 21.7 Å². The molecule has 6 heteroatoms. The molecule has 1 unspecified atom stereocenters. The summed E-state index contributed by atoms with van der Waals surface area (Å²) in [5.74, 6) is -1.97. The minimum Gasteiger partial charge on any atom is -0.481 e. The highest BCUT2D eigenvalue weighted by molar-refractivity contribution is 7.90. The topological polar surface area (TPSA) is 74.7 Å². The van der Waals surface area contributed by atoms with Crippen molar-refractivity contribution in [3.63, 3.8) is 0 Å². The minimum atomic E-state index is -3.23. The summed E-state index contributed by atoms with van der Waals surface area (Å²) in [5.41, 5.74) is 0. The summed E-state index contributed by atoms with van der Waals surface area (Å²) < 4.78 is 22.5. The Morgan fingerprint density at radius 1 is 1.41 bits per heavy atom. The lowest BCUT2D eigenvalue weighted by atomic mass is 9.85. The summed E-state index contributed by atoms with van der Waals surface area (Å²) in [6.45, 7) is 4.78. The van der Waals surface area contributed by atoms with Gasteiger partial charge < -0.3 is 10.0 Å². The van der Waals surface area contributed by atoms with Crippen molar-refractivity contribution in [2.24, 2.45) is 11.8 Å². The Morgan fingerprint density at radius 2 is 1.94 bits per heavy atom. The lowest BCUT2D eigenvalue weighted by molar-refractivity contribution is -0.143. The molecule has 1 aliphatic rings. The highest BCUT2D eigenvalue weighted by atomic mass is 32.2. The summed E-state index contributed by atoms with van der Waals surface area (Å²) >= 11 is 0. The van der Waals surface area contributed by atoms with Gasteiger partial charge in [0.25, 0.3) is 0 Å².